The Bertz CT molecular complexity index is 250. The molecule has 4 heteroatoms. The van der Waals surface area contributed by atoms with Gasteiger partial charge in [0.15, 0.2) is 0 Å². The van der Waals surface area contributed by atoms with Crippen LogP contribution in [0.4, 0.5) is 4.79 Å². The van der Waals surface area contributed by atoms with E-state index in [4.69, 9.17) is 4.74 Å². The molecule has 0 aromatic rings. The Balaban J connectivity index is 2.48. The molecule has 0 bridgehead atoms. The lowest BCUT2D eigenvalue weighted by atomic mass is 9.93. The van der Waals surface area contributed by atoms with Crippen molar-refractivity contribution >= 4 is 6.09 Å². The minimum absolute atomic E-state index is 0.265. The fourth-order valence-electron chi connectivity index (χ4n) is 1.95. The molecule has 16 heavy (non-hydrogen) atoms. The summed E-state index contributed by atoms with van der Waals surface area (Å²) >= 11 is 0. The quantitative estimate of drug-likeness (QED) is 0.760. The first-order valence-electron chi connectivity index (χ1n) is 5.95. The maximum absolute atomic E-state index is 11.7. The molecule has 0 radical (unpaired) electrons. The first-order valence-corrected chi connectivity index (χ1v) is 5.95. The van der Waals surface area contributed by atoms with Crippen LogP contribution in [0.15, 0.2) is 0 Å². The van der Waals surface area contributed by atoms with Crippen molar-refractivity contribution in [2.45, 2.75) is 64.6 Å². The smallest absolute Gasteiger partial charge is 0.408 e. The number of ether oxygens (including phenoxy) is 1. The summed E-state index contributed by atoms with van der Waals surface area (Å²) in [6.07, 6.45) is 1.93. The van der Waals surface area contributed by atoms with Crippen LogP contribution in [0.2, 0.25) is 0 Å². The van der Waals surface area contributed by atoms with Crippen LogP contribution in [0, 0.1) is 0 Å². The van der Waals surface area contributed by atoms with Gasteiger partial charge in [0.05, 0.1) is 5.54 Å². The topological polar surface area (TPSA) is 50.4 Å². The Morgan fingerprint density at radius 1 is 1.31 bits per heavy atom. The summed E-state index contributed by atoms with van der Waals surface area (Å²) in [7, 11) is 0. The lowest BCUT2D eigenvalue weighted by Gasteiger charge is -2.33. The molecule has 94 valence electrons. The molecule has 1 aliphatic rings. The predicted octanol–water partition coefficient (Wildman–Crippen LogP) is 2.04. The maximum atomic E-state index is 11.7. The van der Waals surface area contributed by atoms with Crippen molar-refractivity contribution in [3.63, 3.8) is 0 Å². The maximum Gasteiger partial charge on any atom is 0.408 e. The van der Waals surface area contributed by atoms with Crippen LogP contribution in [0.5, 0.6) is 0 Å². The van der Waals surface area contributed by atoms with E-state index < -0.39 is 5.60 Å². The summed E-state index contributed by atoms with van der Waals surface area (Å²) in [6, 6.07) is 0.333. The molecule has 1 fully saturated rings. The molecule has 1 saturated heterocycles. The van der Waals surface area contributed by atoms with E-state index in [9.17, 15) is 4.79 Å². The number of hydrogen-bond donors (Lipinski definition) is 2. The van der Waals surface area contributed by atoms with Gasteiger partial charge in [-0.1, -0.05) is 0 Å². The molecular formula is C12H24N2O2. The number of hydrogen-bond acceptors (Lipinski definition) is 3. The second-order valence-electron chi connectivity index (χ2n) is 6.00. The van der Waals surface area contributed by atoms with Gasteiger partial charge in [-0.05, 0) is 54.0 Å². The number of amides is 1. The summed E-state index contributed by atoms with van der Waals surface area (Å²) in [5.41, 5.74) is -0.706. The zero-order valence-corrected chi connectivity index (χ0v) is 11.0. The lowest BCUT2D eigenvalue weighted by molar-refractivity contribution is 0.0454. The molecule has 0 unspecified atom stereocenters. The average Bonchev–Trinajstić information content (AvgIpc) is 2.49. The molecule has 0 spiro atoms. The Labute approximate surface area is 98.1 Å². The van der Waals surface area contributed by atoms with Crippen LogP contribution in [0.3, 0.4) is 0 Å². The van der Waals surface area contributed by atoms with Gasteiger partial charge < -0.3 is 15.4 Å². The number of nitrogens with one attached hydrogen (secondary N) is 2. The van der Waals surface area contributed by atoms with Crippen LogP contribution in [0.25, 0.3) is 0 Å². The highest BCUT2D eigenvalue weighted by molar-refractivity contribution is 5.68. The third-order valence-electron chi connectivity index (χ3n) is 2.75. The van der Waals surface area contributed by atoms with Crippen molar-refractivity contribution in [2.24, 2.45) is 0 Å². The Kier molecular flexibility index (Phi) is 3.84. The molecule has 1 aliphatic heterocycles. The van der Waals surface area contributed by atoms with Gasteiger partial charge >= 0.3 is 6.09 Å². The molecule has 1 rings (SSSR count). The van der Waals surface area contributed by atoms with Gasteiger partial charge in [0, 0.05) is 6.04 Å². The number of carbonyl (C=O) groups excluding carboxylic acids is 1. The molecule has 1 atom stereocenters. The van der Waals surface area contributed by atoms with Crippen molar-refractivity contribution in [2.75, 3.05) is 6.54 Å². The number of rotatable bonds is 2. The van der Waals surface area contributed by atoms with Crippen LogP contribution in [0.1, 0.15) is 47.5 Å². The molecule has 0 saturated carbocycles. The van der Waals surface area contributed by atoms with Gasteiger partial charge in [-0.2, -0.15) is 0 Å². The van der Waals surface area contributed by atoms with E-state index in [0.29, 0.717) is 6.04 Å². The Hall–Kier alpha value is -0.770. The molecule has 0 aromatic heterocycles. The Morgan fingerprint density at radius 3 is 2.38 bits per heavy atom. The van der Waals surface area contributed by atoms with Crippen molar-refractivity contribution in [3.05, 3.63) is 0 Å². The molecule has 4 nitrogen and oxygen atoms in total. The van der Waals surface area contributed by atoms with Gasteiger partial charge in [-0.3, -0.25) is 0 Å². The van der Waals surface area contributed by atoms with Crippen molar-refractivity contribution in [3.8, 4) is 0 Å². The third kappa shape index (κ3) is 4.00. The zero-order valence-electron chi connectivity index (χ0n) is 11.0. The van der Waals surface area contributed by atoms with Gasteiger partial charge in [0.1, 0.15) is 5.60 Å². The van der Waals surface area contributed by atoms with E-state index in [1.54, 1.807) is 0 Å². The van der Waals surface area contributed by atoms with Crippen LogP contribution >= 0.6 is 0 Å². The molecule has 0 aromatic carbocycles. The van der Waals surface area contributed by atoms with Gasteiger partial charge in [0.25, 0.3) is 0 Å². The van der Waals surface area contributed by atoms with E-state index >= 15 is 0 Å². The van der Waals surface area contributed by atoms with Crippen LogP contribution in [-0.4, -0.2) is 29.8 Å². The highest BCUT2D eigenvalue weighted by Gasteiger charge is 2.34. The first-order chi connectivity index (χ1) is 7.21. The van der Waals surface area contributed by atoms with Crippen molar-refractivity contribution in [1.82, 2.24) is 10.6 Å². The predicted molar refractivity (Wildman–Crippen MR) is 64.5 cm³/mol. The SMILES string of the molecule is CC(C)(C)OC(=O)NC(C)(C)[C@@H]1CCCN1. The van der Waals surface area contributed by atoms with E-state index in [1.165, 1.54) is 6.42 Å². The molecule has 2 N–H and O–H groups in total. The normalized spacial score (nSPS) is 21.9. The van der Waals surface area contributed by atoms with Crippen molar-refractivity contribution < 1.29 is 9.53 Å². The zero-order chi connectivity index (χ0) is 12.4. The fourth-order valence-corrected chi connectivity index (χ4v) is 1.95. The molecule has 1 amide bonds. The summed E-state index contributed by atoms with van der Waals surface area (Å²) in [5, 5.41) is 6.33. The molecular weight excluding hydrogens is 204 g/mol. The number of carbonyl (C=O) groups is 1. The minimum atomic E-state index is -0.441. The van der Waals surface area contributed by atoms with Crippen LogP contribution < -0.4 is 10.6 Å². The van der Waals surface area contributed by atoms with E-state index in [-0.39, 0.29) is 11.6 Å². The van der Waals surface area contributed by atoms with Gasteiger partial charge in [-0.25, -0.2) is 4.79 Å². The van der Waals surface area contributed by atoms with Crippen LogP contribution in [-0.2, 0) is 4.74 Å². The highest BCUT2D eigenvalue weighted by atomic mass is 16.6. The monoisotopic (exact) mass is 228 g/mol. The standard InChI is InChI=1S/C12H24N2O2/c1-11(2,3)16-10(15)14-12(4,5)9-7-6-8-13-9/h9,13H,6-8H2,1-5H3,(H,14,15)/t9-/m0/s1. The van der Waals surface area contributed by atoms with Gasteiger partial charge in [0.2, 0.25) is 0 Å². The summed E-state index contributed by atoms with van der Waals surface area (Å²) < 4.78 is 5.26. The van der Waals surface area contributed by atoms with E-state index in [1.807, 2.05) is 34.6 Å². The second-order valence-corrected chi connectivity index (χ2v) is 6.00. The largest absolute Gasteiger partial charge is 0.444 e. The summed E-state index contributed by atoms with van der Waals surface area (Å²) in [4.78, 5) is 11.7. The first kappa shape index (κ1) is 13.3. The highest BCUT2D eigenvalue weighted by Crippen LogP contribution is 2.19. The fraction of sp³-hybridized carbons (Fsp3) is 0.917. The lowest BCUT2D eigenvalue weighted by Crippen LogP contribution is -2.56. The number of alkyl carbamates (subject to hydrolysis) is 1. The summed E-state index contributed by atoms with van der Waals surface area (Å²) in [5.74, 6) is 0. The average molecular weight is 228 g/mol. The molecule has 1 heterocycles. The van der Waals surface area contributed by atoms with E-state index in [2.05, 4.69) is 10.6 Å². The molecule has 0 aliphatic carbocycles. The third-order valence-corrected chi connectivity index (χ3v) is 2.75. The van der Waals surface area contributed by atoms with Crippen molar-refractivity contribution in [1.29, 1.82) is 0 Å². The minimum Gasteiger partial charge on any atom is -0.444 e. The summed E-state index contributed by atoms with van der Waals surface area (Å²) in [6.45, 7) is 10.7. The Morgan fingerprint density at radius 2 is 1.94 bits per heavy atom. The van der Waals surface area contributed by atoms with E-state index in [0.717, 1.165) is 13.0 Å². The second kappa shape index (κ2) is 4.62. The van der Waals surface area contributed by atoms with Gasteiger partial charge in [-0.15, -0.1) is 0 Å².